The number of fused-ring (bicyclic) bond motifs is 3. The van der Waals surface area contributed by atoms with E-state index >= 15 is 0 Å². The topological polar surface area (TPSA) is 495 Å². The molecular formula is C27H39AlN3O24. The summed E-state index contributed by atoms with van der Waals surface area (Å²) >= 11 is 0. The average Bonchev–Trinajstić information content (AvgIpc) is 3.06. The van der Waals surface area contributed by atoms with Crippen LogP contribution in [0.4, 0.5) is 0 Å². The molecule has 6 aliphatic rings. The fourth-order valence-electron chi connectivity index (χ4n) is 6.13. The van der Waals surface area contributed by atoms with Gasteiger partial charge >= 0.3 is 35.1 Å². The van der Waals surface area contributed by atoms with Crippen LogP contribution in [0.2, 0.25) is 0 Å². The van der Waals surface area contributed by atoms with Crippen LogP contribution >= 0.6 is 0 Å². The predicted octanol–water partition coefficient (Wildman–Crippen LogP) is -11.6. The molecule has 3 unspecified atom stereocenters. The molecule has 3 atom stereocenters. The molecule has 0 saturated carbocycles. The monoisotopic (exact) mass is 816 g/mol. The SMILES string of the molecule is ON1C2=CC=CCC2(O)C(O)(O)C(O)(O)C1(O)O.ON1C2=CC=CCC2(O)C(O)(O)C(O)(O)C1(O)O.ON1C2=CC=CCC2(O)C(O)(O)C(O)(O)C1(O)O.[Al]. The van der Waals surface area contributed by atoms with E-state index < -0.39 is 121 Å². The minimum atomic E-state index is -4.04. The lowest BCUT2D eigenvalue weighted by Crippen LogP contribution is -2.85. The summed E-state index contributed by atoms with van der Waals surface area (Å²) in [7, 11) is 0. The van der Waals surface area contributed by atoms with Gasteiger partial charge in [0.25, 0.3) is 17.4 Å². The first-order valence-corrected chi connectivity index (χ1v) is 14.8. The van der Waals surface area contributed by atoms with Gasteiger partial charge in [-0.15, -0.1) is 0 Å². The van der Waals surface area contributed by atoms with E-state index in [2.05, 4.69) is 0 Å². The molecule has 0 aromatic carbocycles. The third-order valence-electron chi connectivity index (χ3n) is 9.84. The first-order chi connectivity index (χ1) is 24.0. The summed E-state index contributed by atoms with van der Waals surface area (Å²) in [5, 5.41) is 229. The van der Waals surface area contributed by atoms with Crippen molar-refractivity contribution in [2.45, 2.75) is 88.5 Å². The van der Waals surface area contributed by atoms with Crippen molar-refractivity contribution in [3.8, 4) is 0 Å². The number of piperidine rings is 3. The van der Waals surface area contributed by atoms with Gasteiger partial charge in [-0.3, -0.25) is 15.6 Å². The van der Waals surface area contributed by atoms with Crippen molar-refractivity contribution in [2.24, 2.45) is 0 Å². The highest BCUT2D eigenvalue weighted by molar-refractivity contribution is 5.75. The summed E-state index contributed by atoms with van der Waals surface area (Å²) in [6.07, 6.45) is 9.04. The lowest BCUT2D eigenvalue weighted by molar-refractivity contribution is -0.549. The lowest BCUT2D eigenvalue weighted by atomic mass is 9.74. The molecule has 55 heavy (non-hydrogen) atoms. The molecule has 3 aliphatic carbocycles. The quantitative estimate of drug-likeness (QED) is 0.0797. The van der Waals surface area contributed by atoms with Crippen molar-refractivity contribution < 1.29 is 123 Å². The number of hydrogen-bond donors (Lipinski definition) is 24. The van der Waals surface area contributed by atoms with Crippen LogP contribution in [0.1, 0.15) is 19.3 Å². The fraction of sp³-hybridized carbons (Fsp3) is 0.556. The van der Waals surface area contributed by atoms with Crippen LogP contribution in [-0.2, 0) is 0 Å². The highest BCUT2D eigenvalue weighted by Gasteiger charge is 2.80. The van der Waals surface area contributed by atoms with Gasteiger partial charge in [0.15, 0.2) is 16.8 Å². The Bertz CT molecular complexity index is 1520. The van der Waals surface area contributed by atoms with Crippen LogP contribution in [0, 0.1) is 0 Å². The van der Waals surface area contributed by atoms with Crippen molar-refractivity contribution in [3.63, 3.8) is 0 Å². The van der Waals surface area contributed by atoms with Crippen LogP contribution in [0.25, 0.3) is 0 Å². The molecule has 3 fully saturated rings. The summed E-state index contributed by atoms with van der Waals surface area (Å²) in [5.41, 5.74) is -10.3. The molecule has 0 aromatic rings. The van der Waals surface area contributed by atoms with Gasteiger partial charge in [-0.1, -0.05) is 36.5 Å². The molecule has 0 spiro atoms. The van der Waals surface area contributed by atoms with E-state index in [1.807, 2.05) is 0 Å². The Kier molecular flexibility index (Phi) is 11.2. The van der Waals surface area contributed by atoms with Crippen molar-refractivity contribution >= 4 is 17.4 Å². The Labute approximate surface area is 315 Å². The van der Waals surface area contributed by atoms with E-state index in [0.29, 0.717) is 0 Å². The maximum atomic E-state index is 10.1. The standard InChI is InChI=1S/3C9H13NO8.Al/c3*11-6-4-2-1-3-5(6)10(18)9(16,17)8(14,15)7(6,12)13;/h3*1-3,11-18H,4H2;. The number of hydrogen-bond acceptors (Lipinski definition) is 27. The van der Waals surface area contributed by atoms with Crippen LogP contribution < -0.4 is 0 Å². The lowest BCUT2D eigenvalue weighted by Gasteiger charge is -2.58. The zero-order valence-corrected chi connectivity index (χ0v) is 28.6. The van der Waals surface area contributed by atoms with Crippen molar-refractivity contribution in [3.05, 3.63) is 71.8 Å². The van der Waals surface area contributed by atoms with Gasteiger partial charge in [0, 0.05) is 36.6 Å². The van der Waals surface area contributed by atoms with Crippen LogP contribution in [0.15, 0.2) is 71.8 Å². The van der Waals surface area contributed by atoms with Crippen LogP contribution in [0.5, 0.6) is 0 Å². The minimum Gasteiger partial charge on any atom is -0.377 e. The van der Waals surface area contributed by atoms with E-state index in [-0.39, 0.29) is 17.4 Å². The maximum absolute atomic E-state index is 10.1. The molecule has 3 radical (unpaired) electrons. The number of allylic oxidation sites excluding steroid dienone is 6. The molecule has 27 nitrogen and oxygen atoms in total. The Morgan fingerprint density at radius 2 is 0.509 bits per heavy atom. The Balaban J connectivity index is 0.000000220. The van der Waals surface area contributed by atoms with Crippen molar-refractivity contribution in [2.75, 3.05) is 0 Å². The van der Waals surface area contributed by atoms with E-state index in [1.165, 1.54) is 36.5 Å². The molecule has 0 bridgehead atoms. The molecular weight excluding hydrogens is 777 g/mol. The average molecular weight is 817 g/mol. The van der Waals surface area contributed by atoms with E-state index in [1.54, 1.807) is 0 Å². The second kappa shape index (κ2) is 13.2. The first kappa shape index (κ1) is 46.8. The van der Waals surface area contributed by atoms with Crippen LogP contribution in [0.3, 0.4) is 0 Å². The summed E-state index contributed by atoms with van der Waals surface area (Å²) in [5.74, 6) is -34.8. The summed E-state index contributed by atoms with van der Waals surface area (Å²) < 4.78 is 0. The van der Waals surface area contributed by atoms with Gasteiger partial charge in [0.2, 0.25) is 0 Å². The molecule has 6 rings (SSSR count). The van der Waals surface area contributed by atoms with Crippen molar-refractivity contribution in [1.82, 2.24) is 15.2 Å². The smallest absolute Gasteiger partial charge is 0.332 e. The van der Waals surface area contributed by atoms with Gasteiger partial charge in [-0.2, -0.15) is 15.2 Å². The molecule has 24 N–H and O–H groups in total. The highest BCUT2D eigenvalue weighted by atomic mass is 27.0. The summed E-state index contributed by atoms with van der Waals surface area (Å²) in [6.45, 7) is 0. The highest BCUT2D eigenvalue weighted by Crippen LogP contribution is 2.52. The molecule has 3 heterocycles. The third kappa shape index (κ3) is 5.55. The second-order valence-electron chi connectivity index (χ2n) is 13.0. The molecule has 3 saturated heterocycles. The van der Waals surface area contributed by atoms with Gasteiger partial charge in [0.1, 0.15) is 0 Å². The fourth-order valence-corrected chi connectivity index (χ4v) is 6.13. The van der Waals surface area contributed by atoms with E-state index in [0.717, 1.165) is 18.2 Å². The Morgan fingerprint density at radius 1 is 0.327 bits per heavy atom. The number of rotatable bonds is 0. The normalized spacial score (nSPS) is 35.3. The number of hydroxylamine groups is 6. The largest absolute Gasteiger partial charge is 0.377 e. The van der Waals surface area contributed by atoms with Crippen molar-refractivity contribution in [1.29, 1.82) is 0 Å². The number of aliphatic hydroxyl groups is 21. The molecule has 3 aliphatic heterocycles. The third-order valence-corrected chi connectivity index (χ3v) is 9.84. The van der Waals surface area contributed by atoms with E-state index in [4.69, 9.17) is 0 Å². The molecule has 28 heteroatoms. The maximum Gasteiger partial charge on any atom is 0.332 e. The Hall–Kier alpha value is -2.59. The molecule has 0 amide bonds. The van der Waals surface area contributed by atoms with Gasteiger partial charge < -0.3 is 107 Å². The minimum absolute atomic E-state index is 0. The zero-order chi connectivity index (χ0) is 41.9. The predicted molar refractivity (Wildman–Crippen MR) is 162 cm³/mol. The van der Waals surface area contributed by atoms with Crippen LogP contribution in [-0.4, -0.2) is 225 Å². The van der Waals surface area contributed by atoms with Gasteiger partial charge in [-0.25, -0.2) is 0 Å². The first-order valence-electron chi connectivity index (χ1n) is 14.8. The van der Waals surface area contributed by atoms with E-state index in [9.17, 15) is 123 Å². The number of nitrogens with zero attached hydrogens (tertiary/aromatic N) is 3. The van der Waals surface area contributed by atoms with Gasteiger partial charge in [-0.05, 0) is 18.2 Å². The molecule has 0 aromatic heterocycles. The van der Waals surface area contributed by atoms with Gasteiger partial charge in [0.05, 0.1) is 17.1 Å². The molecule has 309 valence electrons. The summed E-state index contributed by atoms with van der Waals surface area (Å²) in [6, 6.07) is 0. The summed E-state index contributed by atoms with van der Waals surface area (Å²) in [4.78, 5) is 0. The second-order valence-corrected chi connectivity index (χ2v) is 13.0. The Morgan fingerprint density at radius 3 is 0.691 bits per heavy atom. The zero-order valence-electron chi connectivity index (χ0n) is 27.5.